The van der Waals surface area contributed by atoms with E-state index in [2.05, 4.69) is 10.2 Å². The quantitative estimate of drug-likeness (QED) is 0.714. The van der Waals surface area contributed by atoms with Crippen molar-refractivity contribution in [1.82, 2.24) is 4.90 Å². The van der Waals surface area contributed by atoms with Gasteiger partial charge in [0.1, 0.15) is 11.6 Å². The van der Waals surface area contributed by atoms with Crippen molar-refractivity contribution < 1.29 is 9.13 Å². The van der Waals surface area contributed by atoms with Crippen LogP contribution in [0.25, 0.3) is 0 Å². The fraction of sp³-hybridized carbons (Fsp3) is 0.381. The highest BCUT2D eigenvalue weighted by Gasteiger charge is 2.24. The third kappa shape index (κ3) is 4.73. The number of hydrogen-bond donors (Lipinski definition) is 1. The van der Waals surface area contributed by atoms with E-state index in [1.165, 1.54) is 25.3 Å². The zero-order valence-electron chi connectivity index (χ0n) is 15.1. The summed E-state index contributed by atoms with van der Waals surface area (Å²) in [6.07, 6.45) is 5.85. The molecule has 0 radical (unpaired) electrons. The van der Waals surface area contributed by atoms with Gasteiger partial charge in [0.05, 0.1) is 7.11 Å². The molecule has 1 fully saturated rings. The molecule has 0 aliphatic heterocycles. The van der Waals surface area contributed by atoms with Crippen LogP contribution < -0.4 is 10.1 Å². The monoisotopic (exact) mass is 372 g/mol. The Labute approximate surface area is 160 Å². The second-order valence-electron chi connectivity index (χ2n) is 6.67. The van der Waals surface area contributed by atoms with Crippen molar-refractivity contribution in [2.24, 2.45) is 0 Å². The number of hydrogen-bond acceptors (Lipinski definition) is 2. The highest BCUT2D eigenvalue weighted by molar-refractivity contribution is 7.80. The maximum Gasteiger partial charge on any atom is 0.173 e. The molecule has 1 N–H and O–H groups in total. The number of thiocarbonyl (C=S) groups is 1. The van der Waals surface area contributed by atoms with E-state index < -0.39 is 0 Å². The topological polar surface area (TPSA) is 24.5 Å². The van der Waals surface area contributed by atoms with Crippen molar-refractivity contribution in [3.05, 3.63) is 59.9 Å². The van der Waals surface area contributed by atoms with Gasteiger partial charge in [-0.25, -0.2) is 4.39 Å². The molecule has 0 amide bonds. The van der Waals surface area contributed by atoms with Gasteiger partial charge in [-0.3, -0.25) is 0 Å². The fourth-order valence-corrected chi connectivity index (χ4v) is 3.77. The van der Waals surface area contributed by atoms with Crippen LogP contribution in [0.1, 0.15) is 37.7 Å². The lowest BCUT2D eigenvalue weighted by atomic mass is 9.94. The van der Waals surface area contributed by atoms with E-state index in [1.807, 2.05) is 36.4 Å². The number of rotatable bonds is 5. The Bertz CT molecular complexity index is 729. The second-order valence-corrected chi connectivity index (χ2v) is 7.06. The molecular formula is C21H25FN2OS. The molecule has 3 nitrogen and oxygen atoms in total. The van der Waals surface area contributed by atoms with Crippen LogP contribution in [0.3, 0.4) is 0 Å². The van der Waals surface area contributed by atoms with Gasteiger partial charge in [0.2, 0.25) is 0 Å². The summed E-state index contributed by atoms with van der Waals surface area (Å²) in [5, 5.41) is 3.95. The molecule has 0 unspecified atom stereocenters. The normalized spacial score (nSPS) is 14.7. The first-order valence-corrected chi connectivity index (χ1v) is 9.53. The van der Waals surface area contributed by atoms with Crippen LogP contribution >= 0.6 is 12.2 Å². The highest BCUT2D eigenvalue weighted by atomic mass is 32.1. The average Bonchev–Trinajstić information content (AvgIpc) is 2.68. The summed E-state index contributed by atoms with van der Waals surface area (Å²) < 4.78 is 19.4. The SMILES string of the molecule is COc1ccc(NC(=S)N(Cc2ccccc2F)C2CCCCC2)cc1. The molecule has 1 saturated carbocycles. The van der Waals surface area contributed by atoms with E-state index in [9.17, 15) is 4.39 Å². The standard InChI is InChI=1S/C21H25FN2OS/c1-25-19-13-11-17(12-14-19)23-21(26)24(18-8-3-2-4-9-18)15-16-7-5-6-10-20(16)22/h5-7,10-14,18H,2-4,8-9,15H2,1H3,(H,23,26). The van der Waals surface area contributed by atoms with Crippen molar-refractivity contribution in [3.8, 4) is 5.75 Å². The third-order valence-electron chi connectivity index (χ3n) is 4.92. The number of nitrogens with zero attached hydrogens (tertiary/aromatic N) is 1. The van der Waals surface area contributed by atoms with Crippen LogP contribution in [0.5, 0.6) is 5.75 Å². The Morgan fingerprint density at radius 2 is 1.81 bits per heavy atom. The minimum atomic E-state index is -0.180. The zero-order chi connectivity index (χ0) is 18.4. The van der Waals surface area contributed by atoms with Gasteiger partial charge in [-0.05, 0) is 55.4 Å². The average molecular weight is 373 g/mol. The molecule has 2 aromatic rings. The van der Waals surface area contributed by atoms with Gasteiger partial charge < -0.3 is 15.0 Å². The maximum absolute atomic E-state index is 14.2. The molecule has 0 atom stereocenters. The summed E-state index contributed by atoms with van der Waals surface area (Å²) in [4.78, 5) is 2.15. The molecule has 2 aromatic carbocycles. The van der Waals surface area contributed by atoms with E-state index >= 15 is 0 Å². The van der Waals surface area contributed by atoms with Crippen molar-refractivity contribution in [1.29, 1.82) is 0 Å². The van der Waals surface area contributed by atoms with Crippen LogP contribution in [0.15, 0.2) is 48.5 Å². The molecule has 3 rings (SSSR count). The molecule has 138 valence electrons. The number of nitrogens with one attached hydrogen (secondary N) is 1. The molecule has 1 aliphatic rings. The summed E-state index contributed by atoms with van der Waals surface area (Å²) >= 11 is 5.70. The van der Waals surface area contributed by atoms with Crippen LogP contribution in [0.4, 0.5) is 10.1 Å². The molecule has 0 saturated heterocycles. The van der Waals surface area contributed by atoms with E-state index in [0.717, 1.165) is 24.3 Å². The number of halogens is 1. The van der Waals surface area contributed by atoms with Crippen molar-refractivity contribution in [2.45, 2.75) is 44.7 Å². The van der Waals surface area contributed by atoms with Crippen LogP contribution in [0.2, 0.25) is 0 Å². The summed E-state index contributed by atoms with van der Waals surface area (Å²) in [6.45, 7) is 0.485. The Balaban J connectivity index is 1.76. The van der Waals surface area contributed by atoms with Gasteiger partial charge in [0.15, 0.2) is 5.11 Å². The minimum Gasteiger partial charge on any atom is -0.497 e. The Hall–Kier alpha value is -2.14. The van der Waals surface area contributed by atoms with Crippen LogP contribution in [-0.4, -0.2) is 23.2 Å². The summed E-state index contributed by atoms with van der Waals surface area (Å²) in [6, 6.07) is 15.0. The second kappa shape index (κ2) is 8.99. The lowest BCUT2D eigenvalue weighted by Crippen LogP contribution is -2.43. The lowest BCUT2D eigenvalue weighted by molar-refractivity contribution is 0.238. The summed E-state index contributed by atoms with van der Waals surface area (Å²) in [5.74, 6) is 0.623. The van der Waals surface area contributed by atoms with E-state index in [0.29, 0.717) is 23.3 Å². The number of anilines is 1. The molecule has 26 heavy (non-hydrogen) atoms. The Kier molecular flexibility index (Phi) is 6.45. The molecule has 5 heteroatoms. The van der Waals surface area contributed by atoms with E-state index in [4.69, 9.17) is 17.0 Å². The largest absolute Gasteiger partial charge is 0.497 e. The molecule has 0 aromatic heterocycles. The smallest absolute Gasteiger partial charge is 0.173 e. The van der Waals surface area contributed by atoms with Gasteiger partial charge in [-0.1, -0.05) is 37.5 Å². The van der Waals surface area contributed by atoms with Gasteiger partial charge in [0.25, 0.3) is 0 Å². The third-order valence-corrected chi connectivity index (χ3v) is 5.25. The van der Waals surface area contributed by atoms with E-state index in [1.54, 1.807) is 13.2 Å². The molecule has 0 bridgehead atoms. The van der Waals surface area contributed by atoms with Gasteiger partial charge in [-0.2, -0.15) is 0 Å². The number of ether oxygens (including phenoxy) is 1. The van der Waals surface area contributed by atoms with Gasteiger partial charge in [-0.15, -0.1) is 0 Å². The first kappa shape index (κ1) is 18.6. The summed E-state index contributed by atoms with van der Waals surface area (Å²) in [5.41, 5.74) is 1.59. The summed E-state index contributed by atoms with van der Waals surface area (Å²) in [7, 11) is 1.65. The first-order valence-electron chi connectivity index (χ1n) is 9.12. The van der Waals surface area contributed by atoms with Crippen molar-refractivity contribution in [2.75, 3.05) is 12.4 Å². The molecule has 0 heterocycles. The Morgan fingerprint density at radius 1 is 1.12 bits per heavy atom. The predicted octanol–water partition coefficient (Wildman–Crippen LogP) is 5.37. The number of benzene rings is 2. The van der Waals surface area contributed by atoms with Crippen LogP contribution in [0, 0.1) is 5.82 Å². The Morgan fingerprint density at radius 3 is 2.46 bits per heavy atom. The minimum absolute atomic E-state index is 0.180. The predicted molar refractivity (Wildman–Crippen MR) is 108 cm³/mol. The maximum atomic E-state index is 14.2. The first-order chi connectivity index (χ1) is 12.7. The van der Waals surface area contributed by atoms with Gasteiger partial charge in [0, 0.05) is 23.8 Å². The van der Waals surface area contributed by atoms with Crippen LogP contribution in [-0.2, 0) is 6.54 Å². The molecule has 1 aliphatic carbocycles. The fourth-order valence-electron chi connectivity index (χ4n) is 3.44. The zero-order valence-corrected chi connectivity index (χ0v) is 15.9. The number of methoxy groups -OCH3 is 1. The van der Waals surface area contributed by atoms with Crippen molar-refractivity contribution >= 4 is 23.0 Å². The molecular weight excluding hydrogens is 347 g/mol. The highest BCUT2D eigenvalue weighted by Crippen LogP contribution is 2.26. The molecule has 0 spiro atoms. The van der Waals surface area contributed by atoms with E-state index in [-0.39, 0.29) is 5.82 Å². The van der Waals surface area contributed by atoms with Crippen molar-refractivity contribution in [3.63, 3.8) is 0 Å². The van der Waals surface area contributed by atoms with Gasteiger partial charge >= 0.3 is 0 Å². The lowest BCUT2D eigenvalue weighted by Gasteiger charge is -2.36.